The molecular weight excluding hydrogens is 276 g/mol. The van der Waals surface area contributed by atoms with Crippen molar-refractivity contribution in [3.63, 3.8) is 0 Å². The molecule has 0 aliphatic heterocycles. The summed E-state index contributed by atoms with van der Waals surface area (Å²) in [6.45, 7) is 2.29. The highest BCUT2D eigenvalue weighted by molar-refractivity contribution is 4.95. The van der Waals surface area contributed by atoms with Gasteiger partial charge in [-0.2, -0.15) is 0 Å². The van der Waals surface area contributed by atoms with Crippen LogP contribution in [0, 0.1) is 5.92 Å². The van der Waals surface area contributed by atoms with Gasteiger partial charge in [-0.05, 0) is 50.9 Å². The van der Waals surface area contributed by atoms with Crippen LogP contribution in [0.4, 0.5) is 0 Å². The van der Waals surface area contributed by atoms with E-state index in [9.17, 15) is 0 Å². The second-order valence-electron chi connectivity index (χ2n) is 7.49. The molecule has 1 atom stereocenters. The van der Waals surface area contributed by atoms with E-state index < -0.39 is 0 Å². The molecule has 0 heteroatoms. The van der Waals surface area contributed by atoms with Gasteiger partial charge >= 0.3 is 0 Å². The lowest BCUT2D eigenvalue weighted by molar-refractivity contribution is 0.511. The molecule has 0 aromatic carbocycles. The van der Waals surface area contributed by atoms with E-state index in [2.05, 4.69) is 31.2 Å². The highest BCUT2D eigenvalue weighted by atomic mass is 14.1. The highest BCUT2D eigenvalue weighted by Gasteiger charge is 2.07. The van der Waals surface area contributed by atoms with E-state index in [0.29, 0.717) is 0 Å². The molecule has 0 spiro atoms. The molecule has 0 nitrogen and oxygen atoms in total. The lowest BCUT2D eigenvalue weighted by Gasteiger charge is -2.06. The van der Waals surface area contributed by atoms with Crippen LogP contribution in [0.25, 0.3) is 0 Å². The second kappa shape index (κ2) is 16.3. The van der Waals surface area contributed by atoms with Crippen LogP contribution in [0.5, 0.6) is 0 Å². The number of rotatable bonds is 16. The molecule has 1 unspecified atom stereocenters. The van der Waals surface area contributed by atoms with Crippen molar-refractivity contribution in [3.8, 4) is 0 Å². The maximum absolute atomic E-state index is 2.44. The van der Waals surface area contributed by atoms with Gasteiger partial charge < -0.3 is 0 Å². The molecule has 134 valence electrons. The van der Waals surface area contributed by atoms with Crippen LogP contribution in [0.3, 0.4) is 0 Å². The molecular formula is C23H42. The number of hydrogen-bond acceptors (Lipinski definition) is 0. The second-order valence-corrected chi connectivity index (χ2v) is 7.49. The van der Waals surface area contributed by atoms with E-state index >= 15 is 0 Å². The smallest absolute Gasteiger partial charge is 0.0231 e. The topological polar surface area (TPSA) is 0 Å². The average molecular weight is 319 g/mol. The van der Waals surface area contributed by atoms with Crippen LogP contribution in [0.1, 0.15) is 116 Å². The van der Waals surface area contributed by atoms with Gasteiger partial charge in [-0.15, -0.1) is 0 Å². The van der Waals surface area contributed by atoms with Crippen molar-refractivity contribution < 1.29 is 0 Å². The Bertz CT molecular complexity index is 286. The van der Waals surface area contributed by atoms with Gasteiger partial charge in [-0.25, -0.2) is 0 Å². The Morgan fingerprint density at radius 1 is 0.739 bits per heavy atom. The summed E-state index contributed by atoms with van der Waals surface area (Å²) in [6, 6.07) is 0. The maximum atomic E-state index is 2.44. The molecule has 0 aromatic rings. The first-order chi connectivity index (χ1) is 11.4. The fraction of sp³-hybridized carbons (Fsp3) is 0.826. The van der Waals surface area contributed by atoms with Gasteiger partial charge in [0.25, 0.3) is 0 Å². The molecule has 23 heavy (non-hydrogen) atoms. The molecule has 1 aliphatic rings. The zero-order valence-electron chi connectivity index (χ0n) is 15.9. The molecule has 0 fully saturated rings. The molecule has 1 rings (SSSR count). The van der Waals surface area contributed by atoms with Crippen molar-refractivity contribution >= 4 is 0 Å². The van der Waals surface area contributed by atoms with E-state index in [4.69, 9.17) is 0 Å². The van der Waals surface area contributed by atoms with Gasteiger partial charge in [-0.3, -0.25) is 0 Å². The molecule has 0 saturated heterocycles. The van der Waals surface area contributed by atoms with Crippen LogP contribution in [-0.4, -0.2) is 0 Å². The Morgan fingerprint density at radius 3 is 1.87 bits per heavy atom. The molecule has 0 radical (unpaired) electrons. The average Bonchev–Trinajstić information content (AvgIpc) is 3.08. The molecule has 0 aromatic heterocycles. The van der Waals surface area contributed by atoms with E-state index in [1.165, 1.54) is 109 Å². The molecule has 0 amide bonds. The third-order valence-corrected chi connectivity index (χ3v) is 5.20. The van der Waals surface area contributed by atoms with Gasteiger partial charge in [-0.1, -0.05) is 95.4 Å². The third-order valence-electron chi connectivity index (χ3n) is 5.20. The monoisotopic (exact) mass is 318 g/mol. The molecule has 0 saturated carbocycles. The Labute approximate surface area is 146 Å². The van der Waals surface area contributed by atoms with E-state index in [1.54, 1.807) is 0 Å². The maximum Gasteiger partial charge on any atom is -0.0231 e. The summed E-state index contributed by atoms with van der Waals surface area (Å²) in [6.07, 6.45) is 33.6. The van der Waals surface area contributed by atoms with E-state index in [-0.39, 0.29) is 0 Å². The number of hydrogen-bond donors (Lipinski definition) is 0. The van der Waals surface area contributed by atoms with Gasteiger partial charge in [0.2, 0.25) is 0 Å². The minimum Gasteiger partial charge on any atom is -0.0885 e. The van der Waals surface area contributed by atoms with Crippen molar-refractivity contribution in [2.24, 2.45) is 5.92 Å². The highest BCUT2D eigenvalue weighted by Crippen LogP contribution is 2.23. The number of unbranched alkanes of at least 4 members (excludes halogenated alkanes) is 12. The van der Waals surface area contributed by atoms with Crippen molar-refractivity contribution in [1.29, 1.82) is 0 Å². The quantitative estimate of drug-likeness (QED) is 0.198. The van der Waals surface area contributed by atoms with Crippen LogP contribution in [0.15, 0.2) is 24.3 Å². The van der Waals surface area contributed by atoms with Gasteiger partial charge in [0.1, 0.15) is 0 Å². The minimum absolute atomic E-state index is 0.923. The summed E-state index contributed by atoms with van der Waals surface area (Å²) in [5, 5.41) is 0. The zero-order chi connectivity index (χ0) is 16.4. The van der Waals surface area contributed by atoms with Crippen LogP contribution in [0.2, 0.25) is 0 Å². The Morgan fingerprint density at radius 2 is 1.30 bits per heavy atom. The molecule has 0 N–H and O–H groups in total. The standard InChI is InChI=1S/C23H42/c1-2-3-4-5-6-7-8-9-10-11-12-13-14-15-16-17-20-23-21-18-19-22-23/h9-10,18,21,23H,2-8,11-17,19-20,22H2,1H3/b10-9+. The summed E-state index contributed by atoms with van der Waals surface area (Å²) in [5.74, 6) is 0.923. The largest absolute Gasteiger partial charge is 0.0885 e. The first-order valence-electron chi connectivity index (χ1n) is 10.7. The van der Waals surface area contributed by atoms with E-state index in [1.807, 2.05) is 0 Å². The summed E-state index contributed by atoms with van der Waals surface area (Å²) in [5.41, 5.74) is 0. The van der Waals surface area contributed by atoms with Gasteiger partial charge in [0.05, 0.1) is 0 Å². The van der Waals surface area contributed by atoms with Crippen LogP contribution in [-0.2, 0) is 0 Å². The summed E-state index contributed by atoms with van der Waals surface area (Å²) >= 11 is 0. The summed E-state index contributed by atoms with van der Waals surface area (Å²) in [4.78, 5) is 0. The van der Waals surface area contributed by atoms with Crippen LogP contribution >= 0.6 is 0 Å². The van der Waals surface area contributed by atoms with Crippen molar-refractivity contribution in [3.05, 3.63) is 24.3 Å². The lowest BCUT2D eigenvalue weighted by atomic mass is 10.00. The van der Waals surface area contributed by atoms with Gasteiger partial charge in [0.15, 0.2) is 0 Å². The molecule has 0 bridgehead atoms. The lowest BCUT2D eigenvalue weighted by Crippen LogP contribution is -1.91. The zero-order valence-corrected chi connectivity index (χ0v) is 15.9. The van der Waals surface area contributed by atoms with Crippen molar-refractivity contribution in [2.45, 2.75) is 116 Å². The van der Waals surface area contributed by atoms with E-state index in [0.717, 1.165) is 5.92 Å². The SMILES string of the molecule is CCCCCCCC/C=C/CCCCCCCCC1C=CCC1. The fourth-order valence-electron chi connectivity index (χ4n) is 3.59. The minimum atomic E-state index is 0.923. The number of allylic oxidation sites excluding steroid dienone is 4. The molecule has 0 heterocycles. The fourth-order valence-corrected chi connectivity index (χ4v) is 3.59. The first-order valence-corrected chi connectivity index (χ1v) is 10.7. The van der Waals surface area contributed by atoms with Crippen molar-refractivity contribution in [2.75, 3.05) is 0 Å². The van der Waals surface area contributed by atoms with Crippen molar-refractivity contribution in [1.82, 2.24) is 0 Å². The van der Waals surface area contributed by atoms with Gasteiger partial charge in [0, 0.05) is 0 Å². The first kappa shape index (κ1) is 20.5. The normalized spacial score (nSPS) is 17.5. The summed E-state index contributed by atoms with van der Waals surface area (Å²) < 4.78 is 0. The third kappa shape index (κ3) is 13.6. The Balaban J connectivity index is 1.70. The Hall–Kier alpha value is -0.520. The predicted molar refractivity (Wildman–Crippen MR) is 106 cm³/mol. The molecule has 1 aliphatic carbocycles. The summed E-state index contributed by atoms with van der Waals surface area (Å²) in [7, 11) is 0. The van der Waals surface area contributed by atoms with Crippen LogP contribution < -0.4 is 0 Å². The Kier molecular flexibility index (Phi) is 14.6. The predicted octanol–water partition coefficient (Wildman–Crippen LogP) is 8.38.